The van der Waals surface area contributed by atoms with E-state index in [1.807, 2.05) is 31.2 Å². The van der Waals surface area contributed by atoms with Crippen molar-refractivity contribution in [3.63, 3.8) is 0 Å². The Kier molecular flexibility index (Phi) is 4.71. The van der Waals surface area contributed by atoms with Crippen LogP contribution in [0.1, 0.15) is 12.7 Å². The SMILES string of the molecule is CCOc1ccccc1-c1sc2c(NN=Cc3ccco3)ncnc2c1O. The van der Waals surface area contributed by atoms with E-state index in [9.17, 15) is 5.11 Å². The number of aromatic nitrogens is 2. The normalized spacial score (nSPS) is 11.3. The van der Waals surface area contributed by atoms with Crippen LogP contribution in [0.5, 0.6) is 11.5 Å². The molecular formula is C19H16N4O3S. The van der Waals surface area contributed by atoms with E-state index in [0.29, 0.717) is 39.0 Å². The summed E-state index contributed by atoms with van der Waals surface area (Å²) in [6.07, 6.45) is 4.51. The van der Waals surface area contributed by atoms with Gasteiger partial charge in [-0.3, -0.25) is 5.43 Å². The first kappa shape index (κ1) is 17.0. The topological polar surface area (TPSA) is 92.8 Å². The molecule has 0 spiro atoms. The molecule has 0 amide bonds. The molecule has 27 heavy (non-hydrogen) atoms. The Hall–Kier alpha value is -3.39. The van der Waals surface area contributed by atoms with E-state index in [1.54, 1.807) is 24.6 Å². The summed E-state index contributed by atoms with van der Waals surface area (Å²) in [4.78, 5) is 9.13. The van der Waals surface area contributed by atoms with Crippen molar-refractivity contribution in [2.24, 2.45) is 5.10 Å². The number of fused-ring (bicyclic) bond motifs is 1. The van der Waals surface area contributed by atoms with Gasteiger partial charge in [-0.15, -0.1) is 11.3 Å². The molecule has 0 unspecified atom stereocenters. The Morgan fingerprint density at radius 2 is 2.15 bits per heavy atom. The van der Waals surface area contributed by atoms with Crippen molar-refractivity contribution in [2.45, 2.75) is 6.92 Å². The molecule has 0 fully saturated rings. The van der Waals surface area contributed by atoms with E-state index in [-0.39, 0.29) is 5.75 Å². The molecule has 0 radical (unpaired) electrons. The number of nitrogens with one attached hydrogen (secondary N) is 1. The highest BCUT2D eigenvalue weighted by molar-refractivity contribution is 7.23. The zero-order valence-corrected chi connectivity index (χ0v) is 15.2. The van der Waals surface area contributed by atoms with Gasteiger partial charge in [0.2, 0.25) is 0 Å². The molecule has 1 aromatic carbocycles. The molecule has 4 rings (SSSR count). The van der Waals surface area contributed by atoms with Crippen LogP contribution >= 0.6 is 11.3 Å². The van der Waals surface area contributed by atoms with Gasteiger partial charge in [0.25, 0.3) is 0 Å². The molecule has 136 valence electrons. The molecule has 3 aromatic heterocycles. The molecule has 7 nitrogen and oxygen atoms in total. The van der Waals surface area contributed by atoms with Crippen LogP contribution in [-0.2, 0) is 0 Å². The third-order valence-electron chi connectivity index (χ3n) is 3.78. The Morgan fingerprint density at radius 3 is 2.96 bits per heavy atom. The molecule has 2 N–H and O–H groups in total. The second-order valence-electron chi connectivity index (χ2n) is 5.49. The number of thiophene rings is 1. The van der Waals surface area contributed by atoms with Crippen LogP contribution in [-0.4, -0.2) is 27.9 Å². The molecule has 0 saturated carbocycles. The van der Waals surface area contributed by atoms with E-state index in [4.69, 9.17) is 9.15 Å². The lowest BCUT2D eigenvalue weighted by Gasteiger charge is -2.08. The second kappa shape index (κ2) is 7.46. The number of rotatable bonds is 6. The standard InChI is InChI=1S/C19H16N4O3S/c1-2-25-14-8-4-3-7-13(14)17-16(24)15-18(27-17)19(21-11-20-15)23-22-10-12-6-5-9-26-12/h3-11,24H,2H2,1H3,(H,20,21,23). The summed E-state index contributed by atoms with van der Waals surface area (Å²) >= 11 is 1.38. The molecule has 4 aromatic rings. The van der Waals surface area contributed by atoms with Crippen molar-refractivity contribution < 1.29 is 14.3 Å². The van der Waals surface area contributed by atoms with Gasteiger partial charge in [0.05, 0.1) is 24.0 Å². The summed E-state index contributed by atoms with van der Waals surface area (Å²) < 4.78 is 11.6. The average Bonchev–Trinajstić information content (AvgIpc) is 3.32. The largest absolute Gasteiger partial charge is 0.504 e. The van der Waals surface area contributed by atoms with E-state index < -0.39 is 0 Å². The molecule has 0 saturated heterocycles. The van der Waals surface area contributed by atoms with E-state index in [0.717, 1.165) is 5.56 Å². The summed E-state index contributed by atoms with van der Waals surface area (Å²) in [5, 5.41) is 14.9. The molecule has 0 aliphatic rings. The third kappa shape index (κ3) is 3.34. The van der Waals surface area contributed by atoms with Gasteiger partial charge >= 0.3 is 0 Å². The minimum atomic E-state index is 0.0996. The lowest BCUT2D eigenvalue weighted by molar-refractivity contribution is 0.341. The van der Waals surface area contributed by atoms with Crippen LogP contribution in [0.2, 0.25) is 0 Å². The number of hydrogen-bond acceptors (Lipinski definition) is 8. The zero-order valence-electron chi connectivity index (χ0n) is 14.4. The minimum absolute atomic E-state index is 0.0996. The van der Waals surface area contributed by atoms with Crippen LogP contribution in [0.4, 0.5) is 5.82 Å². The highest BCUT2D eigenvalue weighted by Crippen LogP contribution is 2.47. The van der Waals surface area contributed by atoms with Gasteiger partial charge in [0.1, 0.15) is 28.1 Å². The van der Waals surface area contributed by atoms with Crippen LogP contribution in [0.15, 0.2) is 58.5 Å². The number of benzene rings is 1. The molecule has 0 aliphatic carbocycles. The highest BCUT2D eigenvalue weighted by atomic mass is 32.1. The number of hydrazone groups is 1. The molecule has 0 atom stereocenters. The fraction of sp³-hybridized carbons (Fsp3) is 0.105. The number of para-hydroxylation sites is 1. The first-order valence-corrected chi connectivity index (χ1v) is 9.10. The summed E-state index contributed by atoms with van der Waals surface area (Å²) in [7, 11) is 0. The van der Waals surface area contributed by atoms with Crippen molar-refractivity contribution in [3.8, 4) is 21.9 Å². The van der Waals surface area contributed by atoms with Crippen LogP contribution < -0.4 is 10.2 Å². The number of aromatic hydroxyl groups is 1. The zero-order chi connectivity index (χ0) is 18.6. The molecule has 3 heterocycles. The summed E-state index contributed by atoms with van der Waals surface area (Å²) in [5.41, 5.74) is 4.16. The molecule has 8 heteroatoms. The Labute approximate surface area is 159 Å². The number of anilines is 1. The molecule has 0 aliphatic heterocycles. The van der Waals surface area contributed by atoms with Crippen molar-refractivity contribution in [1.29, 1.82) is 0 Å². The quantitative estimate of drug-likeness (QED) is 0.378. The summed E-state index contributed by atoms with van der Waals surface area (Å²) in [6.45, 7) is 2.46. The van der Waals surface area contributed by atoms with Gasteiger partial charge in [-0.1, -0.05) is 12.1 Å². The fourth-order valence-corrected chi connectivity index (χ4v) is 3.73. The Bertz CT molecular complexity index is 1090. The van der Waals surface area contributed by atoms with Crippen molar-refractivity contribution in [3.05, 3.63) is 54.7 Å². The van der Waals surface area contributed by atoms with Crippen LogP contribution in [0.3, 0.4) is 0 Å². The predicted octanol–water partition coefficient (Wildman–Crippen LogP) is 4.50. The first-order chi connectivity index (χ1) is 13.3. The van der Waals surface area contributed by atoms with Gasteiger partial charge < -0.3 is 14.3 Å². The van der Waals surface area contributed by atoms with Crippen molar-refractivity contribution in [1.82, 2.24) is 9.97 Å². The molecular weight excluding hydrogens is 364 g/mol. The maximum absolute atomic E-state index is 10.7. The van der Waals surface area contributed by atoms with E-state index >= 15 is 0 Å². The van der Waals surface area contributed by atoms with E-state index in [1.165, 1.54) is 17.7 Å². The van der Waals surface area contributed by atoms with Gasteiger partial charge in [-0.05, 0) is 31.2 Å². The average molecular weight is 380 g/mol. The Morgan fingerprint density at radius 1 is 1.26 bits per heavy atom. The number of furan rings is 1. The first-order valence-electron chi connectivity index (χ1n) is 8.29. The summed E-state index contributed by atoms with van der Waals surface area (Å²) in [5.74, 6) is 1.93. The summed E-state index contributed by atoms with van der Waals surface area (Å²) in [6, 6.07) is 11.2. The van der Waals surface area contributed by atoms with Gasteiger partial charge in [-0.25, -0.2) is 9.97 Å². The lowest BCUT2D eigenvalue weighted by Crippen LogP contribution is -1.93. The fourth-order valence-electron chi connectivity index (χ4n) is 2.62. The number of ether oxygens (including phenoxy) is 1. The second-order valence-corrected chi connectivity index (χ2v) is 6.52. The van der Waals surface area contributed by atoms with E-state index in [2.05, 4.69) is 20.5 Å². The number of hydrogen-bond donors (Lipinski definition) is 2. The smallest absolute Gasteiger partial charge is 0.167 e. The van der Waals surface area contributed by atoms with Crippen molar-refractivity contribution >= 4 is 33.6 Å². The van der Waals surface area contributed by atoms with Gasteiger partial charge in [0.15, 0.2) is 11.6 Å². The van der Waals surface area contributed by atoms with Gasteiger partial charge in [-0.2, -0.15) is 5.10 Å². The van der Waals surface area contributed by atoms with Gasteiger partial charge in [0, 0.05) is 5.56 Å². The van der Waals surface area contributed by atoms with Crippen LogP contribution in [0, 0.1) is 0 Å². The third-order valence-corrected chi connectivity index (χ3v) is 4.99. The highest BCUT2D eigenvalue weighted by Gasteiger charge is 2.19. The van der Waals surface area contributed by atoms with Crippen molar-refractivity contribution in [2.75, 3.05) is 12.0 Å². The number of nitrogens with zero attached hydrogens (tertiary/aromatic N) is 3. The predicted molar refractivity (Wildman–Crippen MR) is 106 cm³/mol. The minimum Gasteiger partial charge on any atom is -0.504 e. The maximum atomic E-state index is 10.7. The van der Waals surface area contributed by atoms with Crippen LogP contribution in [0.25, 0.3) is 20.7 Å². The monoisotopic (exact) mass is 380 g/mol. The molecule has 0 bridgehead atoms. The lowest BCUT2D eigenvalue weighted by atomic mass is 10.1. The maximum Gasteiger partial charge on any atom is 0.167 e. The Balaban J connectivity index is 1.74.